The number of rotatable bonds is 5. The van der Waals surface area contributed by atoms with Gasteiger partial charge in [0.1, 0.15) is 24.4 Å². The molecule has 0 N–H and O–H groups in total. The molecule has 0 amide bonds. The Morgan fingerprint density at radius 3 is 2.54 bits per heavy atom. The molecular formula is C22H26O6. The van der Waals surface area contributed by atoms with Crippen molar-refractivity contribution < 1.29 is 28.5 Å². The third kappa shape index (κ3) is 3.64. The van der Waals surface area contributed by atoms with Crippen LogP contribution in [-0.2, 0) is 23.7 Å². The van der Waals surface area contributed by atoms with Crippen LogP contribution in [0.5, 0.6) is 0 Å². The fourth-order valence-electron chi connectivity index (χ4n) is 4.43. The molecule has 1 saturated carbocycles. The maximum Gasteiger partial charge on any atom is 0.338 e. The zero-order chi connectivity index (χ0) is 19.6. The molecule has 0 radical (unpaired) electrons. The van der Waals surface area contributed by atoms with Crippen molar-refractivity contribution in [1.29, 1.82) is 0 Å². The lowest BCUT2D eigenvalue weighted by atomic mass is 9.93. The Morgan fingerprint density at radius 1 is 1.14 bits per heavy atom. The average Bonchev–Trinajstić information content (AvgIpc) is 3.09. The van der Waals surface area contributed by atoms with Gasteiger partial charge in [-0.3, -0.25) is 0 Å². The predicted octanol–water partition coefficient (Wildman–Crippen LogP) is 3.20. The topological polar surface area (TPSA) is 71.1 Å². The molecule has 1 aliphatic carbocycles. The lowest BCUT2D eigenvalue weighted by Crippen LogP contribution is -2.58. The number of hydrogen-bond donors (Lipinski definition) is 0. The van der Waals surface area contributed by atoms with Crippen molar-refractivity contribution in [2.75, 3.05) is 0 Å². The Labute approximate surface area is 164 Å². The highest BCUT2D eigenvalue weighted by atomic mass is 16.8. The largest absolute Gasteiger partial charge is 0.453 e. The predicted molar refractivity (Wildman–Crippen MR) is 101 cm³/mol. The van der Waals surface area contributed by atoms with Gasteiger partial charge in [-0.2, -0.15) is 0 Å². The molecule has 3 aliphatic rings. The van der Waals surface area contributed by atoms with E-state index in [0.29, 0.717) is 12.0 Å². The van der Waals surface area contributed by atoms with Crippen LogP contribution in [0.25, 0.3) is 0 Å². The van der Waals surface area contributed by atoms with Gasteiger partial charge in [0.25, 0.3) is 0 Å². The zero-order valence-electron chi connectivity index (χ0n) is 15.8. The molecule has 0 bridgehead atoms. The van der Waals surface area contributed by atoms with Gasteiger partial charge in [-0.05, 0) is 31.4 Å². The minimum Gasteiger partial charge on any atom is -0.453 e. The van der Waals surface area contributed by atoms with E-state index in [2.05, 4.69) is 6.58 Å². The molecule has 1 aromatic carbocycles. The van der Waals surface area contributed by atoms with Crippen LogP contribution in [0.2, 0.25) is 0 Å². The van der Waals surface area contributed by atoms with Crippen LogP contribution in [0.4, 0.5) is 0 Å². The molecule has 2 heterocycles. The Hall–Kier alpha value is -2.02. The molecular weight excluding hydrogens is 360 g/mol. The quantitative estimate of drug-likeness (QED) is 0.440. The Kier molecular flexibility index (Phi) is 5.62. The summed E-state index contributed by atoms with van der Waals surface area (Å²) in [6, 6.07) is 8.81. The lowest BCUT2D eigenvalue weighted by molar-refractivity contribution is -0.199. The number of hydrogen-bond acceptors (Lipinski definition) is 6. The number of carbonyl (C=O) groups is 2. The highest BCUT2D eigenvalue weighted by Gasteiger charge is 2.59. The molecule has 1 spiro atoms. The van der Waals surface area contributed by atoms with Gasteiger partial charge in [0.15, 0.2) is 18.2 Å². The molecule has 1 aromatic rings. The average molecular weight is 386 g/mol. The molecule has 0 aromatic heterocycles. The summed E-state index contributed by atoms with van der Waals surface area (Å²) in [6.45, 7) is 3.77. The van der Waals surface area contributed by atoms with Crippen LogP contribution in [-0.4, -0.2) is 48.6 Å². The van der Waals surface area contributed by atoms with Crippen molar-refractivity contribution >= 4 is 12.3 Å². The Morgan fingerprint density at radius 2 is 1.86 bits per heavy atom. The molecule has 6 nitrogen and oxygen atoms in total. The summed E-state index contributed by atoms with van der Waals surface area (Å²) in [5.41, 5.74) is 0.459. The van der Waals surface area contributed by atoms with E-state index >= 15 is 0 Å². The molecule has 6 heteroatoms. The summed E-state index contributed by atoms with van der Waals surface area (Å²) in [5.74, 6) is -1.15. The zero-order valence-corrected chi connectivity index (χ0v) is 15.8. The van der Waals surface area contributed by atoms with E-state index < -0.39 is 42.3 Å². The van der Waals surface area contributed by atoms with Crippen molar-refractivity contribution in [3.63, 3.8) is 0 Å². The van der Waals surface area contributed by atoms with Crippen LogP contribution in [0.3, 0.4) is 0 Å². The van der Waals surface area contributed by atoms with E-state index in [1.165, 1.54) is 0 Å². The summed E-state index contributed by atoms with van der Waals surface area (Å²) in [4.78, 5) is 24.4. The van der Waals surface area contributed by atoms with Crippen LogP contribution in [0.1, 0.15) is 48.9 Å². The summed E-state index contributed by atoms with van der Waals surface area (Å²) in [5, 5.41) is 0. The highest BCUT2D eigenvalue weighted by molar-refractivity contribution is 5.89. The maximum absolute atomic E-state index is 12.7. The number of fused-ring (bicyclic) bond motifs is 1. The van der Waals surface area contributed by atoms with Gasteiger partial charge < -0.3 is 23.7 Å². The molecule has 150 valence electrons. The molecule has 2 saturated heterocycles. The number of carbonyl (C=O) groups excluding carboxylic acids is 2. The molecule has 3 fully saturated rings. The highest BCUT2D eigenvalue weighted by Crippen LogP contribution is 2.45. The first-order valence-electron chi connectivity index (χ1n) is 9.99. The lowest BCUT2D eigenvalue weighted by Gasteiger charge is -2.39. The normalized spacial score (nSPS) is 33.8. The van der Waals surface area contributed by atoms with Crippen molar-refractivity contribution in [2.24, 2.45) is 0 Å². The van der Waals surface area contributed by atoms with Gasteiger partial charge in [-0.15, -0.1) is 6.58 Å². The summed E-state index contributed by atoms with van der Waals surface area (Å²) < 4.78 is 24.4. The number of ether oxygens (including phenoxy) is 4. The van der Waals surface area contributed by atoms with Crippen molar-refractivity contribution in [3.8, 4) is 0 Å². The molecule has 5 atom stereocenters. The first kappa shape index (κ1) is 19.3. The minimum absolute atomic E-state index is 0.441. The van der Waals surface area contributed by atoms with Gasteiger partial charge in [0.2, 0.25) is 0 Å². The number of benzene rings is 1. The molecule has 4 rings (SSSR count). The van der Waals surface area contributed by atoms with E-state index in [0.717, 1.165) is 38.4 Å². The molecule has 28 heavy (non-hydrogen) atoms. The fraction of sp³-hybridized carbons (Fsp3) is 0.545. The van der Waals surface area contributed by atoms with Crippen LogP contribution < -0.4 is 0 Å². The van der Waals surface area contributed by atoms with Gasteiger partial charge in [0.05, 0.1) is 5.56 Å². The molecule has 2 aliphatic heterocycles. The number of aldehydes is 1. The van der Waals surface area contributed by atoms with Gasteiger partial charge in [-0.1, -0.05) is 30.7 Å². The monoisotopic (exact) mass is 386 g/mol. The second kappa shape index (κ2) is 8.15. The van der Waals surface area contributed by atoms with E-state index in [-0.39, 0.29) is 0 Å². The molecule has 1 unspecified atom stereocenters. The second-order valence-corrected chi connectivity index (χ2v) is 7.67. The summed E-state index contributed by atoms with van der Waals surface area (Å²) >= 11 is 0. The van der Waals surface area contributed by atoms with E-state index in [1.54, 1.807) is 30.3 Å². The van der Waals surface area contributed by atoms with Gasteiger partial charge in [-0.25, -0.2) is 4.79 Å². The second-order valence-electron chi connectivity index (χ2n) is 7.67. The van der Waals surface area contributed by atoms with E-state index in [4.69, 9.17) is 18.9 Å². The first-order valence-corrected chi connectivity index (χ1v) is 9.99. The van der Waals surface area contributed by atoms with Crippen molar-refractivity contribution in [3.05, 3.63) is 48.6 Å². The van der Waals surface area contributed by atoms with Crippen molar-refractivity contribution in [2.45, 2.75) is 74.8 Å². The standard InChI is InChI=1S/C22H26O6/c1-2-9-16-18(26-21(24)15-10-5-3-6-11-15)20-19(17(14-23)25-16)27-22(28-20)12-7-4-8-13-22/h2-3,5-6,10-11,14,16-20H,1,4,7-9,12-13H2/t16?,17-,18-,19+,20-/m0/s1. The number of esters is 1. The van der Waals surface area contributed by atoms with E-state index in [9.17, 15) is 9.59 Å². The summed E-state index contributed by atoms with van der Waals surface area (Å²) in [7, 11) is 0. The van der Waals surface area contributed by atoms with E-state index in [1.807, 2.05) is 6.07 Å². The smallest absolute Gasteiger partial charge is 0.338 e. The first-order chi connectivity index (χ1) is 13.7. The minimum atomic E-state index is -0.747. The van der Waals surface area contributed by atoms with Crippen LogP contribution in [0.15, 0.2) is 43.0 Å². The maximum atomic E-state index is 12.7. The van der Waals surface area contributed by atoms with Gasteiger partial charge >= 0.3 is 5.97 Å². The van der Waals surface area contributed by atoms with Gasteiger partial charge in [0, 0.05) is 12.8 Å². The third-order valence-corrected chi connectivity index (χ3v) is 5.77. The third-order valence-electron chi connectivity index (χ3n) is 5.77. The Bertz CT molecular complexity index is 711. The van der Waals surface area contributed by atoms with Crippen LogP contribution in [0, 0.1) is 0 Å². The van der Waals surface area contributed by atoms with Crippen LogP contribution >= 0.6 is 0 Å². The SMILES string of the molecule is C=CCC1O[C@@H](C=O)[C@H]2OC3(CCCCC3)O[C@H]2[C@H]1OC(=O)c1ccccc1. The Balaban J connectivity index is 1.60. The summed E-state index contributed by atoms with van der Waals surface area (Å²) in [6.07, 6.45) is 4.56. The van der Waals surface area contributed by atoms with Crippen molar-refractivity contribution in [1.82, 2.24) is 0 Å². The fourth-order valence-corrected chi connectivity index (χ4v) is 4.43.